The number of benzene rings is 1. The average Bonchev–Trinajstić information content (AvgIpc) is 3.27. The minimum Gasteiger partial charge on any atom is -0.493 e. The van der Waals surface area contributed by atoms with Crippen LogP contribution in [0, 0.1) is 5.92 Å². The molecular formula is C21H27F2N5O3. The number of ether oxygens (including phenoxy) is 2. The topological polar surface area (TPSA) is 81.5 Å². The molecule has 0 radical (unpaired) electrons. The first-order chi connectivity index (χ1) is 15.0. The number of methoxy groups -OCH3 is 2. The number of carbonyl (C=O) groups is 1. The van der Waals surface area contributed by atoms with Crippen molar-refractivity contribution < 1.29 is 23.0 Å². The van der Waals surface area contributed by atoms with Crippen molar-refractivity contribution in [2.75, 3.05) is 32.6 Å². The van der Waals surface area contributed by atoms with Crippen LogP contribution in [0.25, 0.3) is 0 Å². The van der Waals surface area contributed by atoms with Crippen molar-refractivity contribution in [3.63, 3.8) is 0 Å². The van der Waals surface area contributed by atoms with Gasteiger partial charge in [0.2, 0.25) is 11.9 Å². The number of hydrogen-bond donors (Lipinski definition) is 1. The lowest BCUT2D eigenvalue weighted by atomic mass is 9.86. The summed E-state index contributed by atoms with van der Waals surface area (Å²) in [7, 11) is 3.13. The Morgan fingerprint density at radius 2 is 2.10 bits per heavy atom. The molecule has 3 heterocycles. The molecule has 2 aliphatic heterocycles. The fourth-order valence-electron chi connectivity index (χ4n) is 4.54. The summed E-state index contributed by atoms with van der Waals surface area (Å²) < 4.78 is 39.0. The fourth-order valence-corrected chi connectivity index (χ4v) is 4.54. The third-order valence-electron chi connectivity index (χ3n) is 6.17. The van der Waals surface area contributed by atoms with E-state index < -0.39 is 12.5 Å². The highest BCUT2D eigenvalue weighted by molar-refractivity contribution is 5.79. The van der Waals surface area contributed by atoms with Crippen molar-refractivity contribution >= 4 is 11.9 Å². The Bertz CT molecular complexity index is 922. The Balaban J connectivity index is 1.42. The van der Waals surface area contributed by atoms with E-state index in [-0.39, 0.29) is 30.7 Å². The molecule has 10 heteroatoms. The summed E-state index contributed by atoms with van der Waals surface area (Å²) in [4.78, 5) is 18.9. The predicted molar refractivity (Wildman–Crippen MR) is 110 cm³/mol. The van der Waals surface area contributed by atoms with Crippen LogP contribution in [0.5, 0.6) is 11.5 Å². The zero-order valence-electron chi connectivity index (χ0n) is 17.6. The number of nitrogens with one attached hydrogen (secondary N) is 1. The maximum absolute atomic E-state index is 13.6. The van der Waals surface area contributed by atoms with E-state index in [1.54, 1.807) is 26.4 Å². The highest BCUT2D eigenvalue weighted by Gasteiger charge is 2.39. The number of anilines is 1. The molecule has 0 spiro atoms. The van der Waals surface area contributed by atoms with Crippen LogP contribution in [-0.4, -0.2) is 65.3 Å². The molecule has 1 fully saturated rings. The third-order valence-corrected chi connectivity index (χ3v) is 6.17. The second-order valence-corrected chi connectivity index (χ2v) is 8.02. The van der Waals surface area contributed by atoms with Gasteiger partial charge in [-0.1, -0.05) is 6.07 Å². The molecule has 3 atom stereocenters. The number of carbonyl (C=O) groups excluding carboxylic acids is 1. The van der Waals surface area contributed by atoms with Gasteiger partial charge in [0.05, 0.1) is 20.6 Å². The Labute approximate surface area is 179 Å². The maximum Gasteiger partial charge on any atom is 0.260 e. The number of aromatic nitrogens is 3. The van der Waals surface area contributed by atoms with Gasteiger partial charge in [0, 0.05) is 19.1 Å². The van der Waals surface area contributed by atoms with E-state index in [1.165, 1.54) is 11.0 Å². The van der Waals surface area contributed by atoms with E-state index in [0.717, 1.165) is 18.4 Å². The summed E-state index contributed by atoms with van der Waals surface area (Å²) in [6.45, 7) is 1.21. The minimum atomic E-state index is -2.52. The van der Waals surface area contributed by atoms with Crippen LogP contribution in [-0.2, 0) is 11.2 Å². The van der Waals surface area contributed by atoms with E-state index in [1.807, 2.05) is 11.0 Å². The number of likely N-dealkylation sites (tertiary alicyclic amines) is 1. The molecule has 1 saturated heterocycles. The van der Waals surface area contributed by atoms with Gasteiger partial charge in [0.15, 0.2) is 11.5 Å². The summed E-state index contributed by atoms with van der Waals surface area (Å²) in [5.74, 6) is 1.66. The van der Waals surface area contributed by atoms with Gasteiger partial charge in [-0.05, 0) is 42.9 Å². The monoisotopic (exact) mass is 435 g/mol. The molecule has 1 aromatic carbocycles. The van der Waals surface area contributed by atoms with Gasteiger partial charge in [-0.15, -0.1) is 0 Å². The fraction of sp³-hybridized carbons (Fsp3) is 0.571. The number of alkyl halides is 2. The number of piperidine rings is 1. The van der Waals surface area contributed by atoms with Gasteiger partial charge in [-0.25, -0.2) is 13.5 Å². The third kappa shape index (κ3) is 4.42. The largest absolute Gasteiger partial charge is 0.493 e. The van der Waals surface area contributed by atoms with Gasteiger partial charge in [0.1, 0.15) is 12.4 Å². The summed E-state index contributed by atoms with van der Waals surface area (Å²) in [6, 6.07) is 4.27. The molecule has 168 valence electrons. The second-order valence-electron chi connectivity index (χ2n) is 8.02. The van der Waals surface area contributed by atoms with Crippen LogP contribution in [0.15, 0.2) is 24.5 Å². The van der Waals surface area contributed by atoms with E-state index in [9.17, 15) is 13.6 Å². The predicted octanol–water partition coefficient (Wildman–Crippen LogP) is 2.77. The van der Waals surface area contributed by atoms with Crippen molar-refractivity contribution in [2.45, 2.75) is 44.2 Å². The van der Waals surface area contributed by atoms with Crippen LogP contribution >= 0.6 is 0 Å². The Kier molecular flexibility index (Phi) is 6.24. The Morgan fingerprint density at radius 3 is 2.84 bits per heavy atom. The first-order valence-electron chi connectivity index (χ1n) is 10.4. The molecule has 2 aromatic rings. The van der Waals surface area contributed by atoms with Crippen LogP contribution in [0.3, 0.4) is 0 Å². The maximum atomic E-state index is 13.6. The van der Waals surface area contributed by atoms with Crippen LogP contribution < -0.4 is 14.8 Å². The number of fused-ring (bicyclic) bond motifs is 1. The van der Waals surface area contributed by atoms with Gasteiger partial charge in [0.25, 0.3) is 6.43 Å². The van der Waals surface area contributed by atoms with Crippen LogP contribution in [0.2, 0.25) is 0 Å². The summed E-state index contributed by atoms with van der Waals surface area (Å²) in [6.07, 6.45) is 1.00. The summed E-state index contributed by atoms with van der Waals surface area (Å²) in [5, 5.41) is 7.19. The van der Waals surface area contributed by atoms with Gasteiger partial charge in [-0.3, -0.25) is 4.79 Å². The number of amides is 1. The summed E-state index contributed by atoms with van der Waals surface area (Å²) >= 11 is 0. The van der Waals surface area contributed by atoms with Crippen molar-refractivity contribution in [3.05, 3.63) is 30.1 Å². The first kappa shape index (κ1) is 21.3. The molecule has 0 saturated carbocycles. The zero-order chi connectivity index (χ0) is 22.0. The standard InChI is InChI=1S/C21H27F2N5O3/c1-30-17-6-5-13(8-18(17)31-2)9-19(29)27-7-3-4-14(11-27)15-10-16(20(22)23)28-21(26-15)24-12-25-28/h5-6,8,12,14-16,20H,3-4,7,9-11H2,1-2H3,(H,24,25,26)/t14?,15-,16+/m0/s1. The lowest BCUT2D eigenvalue weighted by molar-refractivity contribution is -0.132. The van der Waals surface area contributed by atoms with Gasteiger partial charge in [-0.2, -0.15) is 10.1 Å². The van der Waals surface area contributed by atoms with Crippen molar-refractivity contribution in [2.24, 2.45) is 5.92 Å². The molecule has 0 aliphatic carbocycles. The lowest BCUT2D eigenvalue weighted by Gasteiger charge is -2.40. The molecule has 8 nitrogen and oxygen atoms in total. The molecule has 1 aromatic heterocycles. The van der Waals surface area contributed by atoms with Crippen molar-refractivity contribution in [3.8, 4) is 11.5 Å². The zero-order valence-corrected chi connectivity index (χ0v) is 17.6. The first-order valence-corrected chi connectivity index (χ1v) is 10.4. The molecular weight excluding hydrogens is 408 g/mol. The number of hydrogen-bond acceptors (Lipinski definition) is 6. The Hall–Kier alpha value is -2.91. The number of halogens is 2. The average molecular weight is 435 g/mol. The smallest absolute Gasteiger partial charge is 0.260 e. The minimum absolute atomic E-state index is 0.0151. The number of rotatable bonds is 6. The van der Waals surface area contributed by atoms with Crippen LogP contribution in [0.1, 0.15) is 30.9 Å². The molecule has 1 unspecified atom stereocenters. The van der Waals surface area contributed by atoms with E-state index in [4.69, 9.17) is 9.47 Å². The van der Waals surface area contributed by atoms with Crippen LogP contribution in [0.4, 0.5) is 14.7 Å². The summed E-state index contributed by atoms with van der Waals surface area (Å²) in [5.41, 5.74) is 0.839. The quantitative estimate of drug-likeness (QED) is 0.752. The molecule has 4 rings (SSSR count). The van der Waals surface area contributed by atoms with Crippen molar-refractivity contribution in [1.82, 2.24) is 19.7 Å². The van der Waals surface area contributed by atoms with E-state index in [0.29, 0.717) is 30.5 Å². The highest BCUT2D eigenvalue weighted by atomic mass is 19.3. The highest BCUT2D eigenvalue weighted by Crippen LogP contribution is 2.35. The SMILES string of the molecule is COc1ccc(CC(=O)N2CCCC([C@@H]3C[C@H](C(F)F)n4ncnc4N3)C2)cc1OC. The molecule has 31 heavy (non-hydrogen) atoms. The second kappa shape index (κ2) is 9.07. The molecule has 1 N–H and O–H groups in total. The lowest BCUT2D eigenvalue weighted by Crippen LogP contribution is -2.48. The number of nitrogens with zero attached hydrogens (tertiary/aromatic N) is 4. The molecule has 2 aliphatic rings. The van der Waals surface area contributed by atoms with E-state index in [2.05, 4.69) is 15.4 Å². The van der Waals surface area contributed by atoms with E-state index >= 15 is 0 Å². The van der Waals surface area contributed by atoms with Gasteiger partial charge < -0.3 is 19.7 Å². The normalized spacial score (nSPS) is 23.3. The van der Waals surface area contributed by atoms with Gasteiger partial charge >= 0.3 is 0 Å². The van der Waals surface area contributed by atoms with Crippen molar-refractivity contribution in [1.29, 1.82) is 0 Å². The Morgan fingerprint density at radius 1 is 1.29 bits per heavy atom. The molecule has 0 bridgehead atoms. The molecule has 1 amide bonds.